The van der Waals surface area contributed by atoms with Gasteiger partial charge in [-0.15, -0.1) is 11.3 Å². The van der Waals surface area contributed by atoms with Gasteiger partial charge >= 0.3 is 0 Å². The molecule has 0 saturated carbocycles. The lowest BCUT2D eigenvalue weighted by Gasteiger charge is -2.23. The lowest BCUT2D eigenvalue weighted by atomic mass is 10.1. The average molecular weight is 558 g/mol. The van der Waals surface area contributed by atoms with E-state index in [-0.39, 0.29) is 18.4 Å². The van der Waals surface area contributed by atoms with Crippen LogP contribution in [0, 0.1) is 6.92 Å². The summed E-state index contributed by atoms with van der Waals surface area (Å²) in [7, 11) is 0. The van der Waals surface area contributed by atoms with Crippen molar-refractivity contribution in [3.8, 4) is 10.6 Å². The molecular weight excluding hydrogens is 526 g/mol. The Kier molecular flexibility index (Phi) is 7.55. The highest BCUT2D eigenvalue weighted by Gasteiger charge is 2.23. The molecule has 0 atom stereocenters. The zero-order valence-electron chi connectivity index (χ0n) is 22.8. The van der Waals surface area contributed by atoms with E-state index in [0.29, 0.717) is 45.8 Å². The first-order valence-electron chi connectivity index (χ1n) is 13.1. The second-order valence-electron chi connectivity index (χ2n) is 10.2. The van der Waals surface area contributed by atoms with Gasteiger partial charge in [0.05, 0.1) is 39.1 Å². The van der Waals surface area contributed by atoms with Gasteiger partial charge < -0.3 is 19.0 Å². The van der Waals surface area contributed by atoms with Crippen molar-refractivity contribution in [3.05, 3.63) is 83.2 Å². The number of anilines is 2. The van der Waals surface area contributed by atoms with E-state index in [1.54, 1.807) is 54.6 Å². The fourth-order valence-corrected chi connectivity index (χ4v) is 5.32. The first-order chi connectivity index (χ1) is 19.1. The molecule has 0 fully saturated rings. The van der Waals surface area contributed by atoms with E-state index in [2.05, 4.69) is 10.3 Å². The van der Waals surface area contributed by atoms with Crippen molar-refractivity contribution < 1.29 is 19.1 Å². The number of imidazole rings is 1. The number of nitrogens with zero attached hydrogens (tertiary/aromatic N) is 4. The molecule has 206 valence electrons. The van der Waals surface area contributed by atoms with Gasteiger partial charge in [-0.2, -0.15) is 0 Å². The van der Waals surface area contributed by atoms with Crippen molar-refractivity contribution in [2.24, 2.45) is 0 Å². The van der Waals surface area contributed by atoms with Crippen molar-refractivity contribution >= 4 is 45.8 Å². The van der Waals surface area contributed by atoms with Crippen LogP contribution < -0.4 is 10.2 Å². The molecule has 40 heavy (non-hydrogen) atoms. The summed E-state index contributed by atoms with van der Waals surface area (Å²) in [6.07, 6.45) is 2.41. The van der Waals surface area contributed by atoms with Crippen molar-refractivity contribution in [3.63, 3.8) is 0 Å². The van der Waals surface area contributed by atoms with Gasteiger partial charge in [0.25, 0.3) is 11.8 Å². The van der Waals surface area contributed by atoms with Crippen LogP contribution in [0.3, 0.4) is 0 Å². The molecule has 5 rings (SSSR count). The van der Waals surface area contributed by atoms with Crippen molar-refractivity contribution in [2.45, 2.75) is 46.3 Å². The number of carbonyl (C=O) groups is 2. The molecule has 2 N–H and O–H groups in total. The van der Waals surface area contributed by atoms with E-state index in [0.717, 1.165) is 16.8 Å². The van der Waals surface area contributed by atoms with Crippen LogP contribution in [0.4, 0.5) is 11.6 Å². The van der Waals surface area contributed by atoms with Crippen LogP contribution in [0.25, 0.3) is 21.7 Å². The third kappa shape index (κ3) is 5.83. The summed E-state index contributed by atoms with van der Waals surface area (Å²) in [6, 6.07) is 18.3. The minimum atomic E-state index is -1.07. The Morgan fingerprint density at radius 1 is 1.12 bits per heavy atom. The van der Waals surface area contributed by atoms with Crippen LogP contribution in [0.15, 0.2) is 71.3 Å². The van der Waals surface area contributed by atoms with Crippen LogP contribution in [-0.4, -0.2) is 43.6 Å². The number of rotatable bonds is 9. The zero-order chi connectivity index (χ0) is 28.4. The predicted octanol–water partition coefficient (Wildman–Crippen LogP) is 6.14. The second-order valence-corrected chi connectivity index (χ2v) is 11.3. The molecule has 3 heterocycles. The van der Waals surface area contributed by atoms with E-state index < -0.39 is 5.60 Å². The number of benzene rings is 2. The summed E-state index contributed by atoms with van der Waals surface area (Å²) >= 11 is 1.29. The number of amides is 2. The van der Waals surface area contributed by atoms with Crippen LogP contribution in [0.2, 0.25) is 0 Å². The highest BCUT2D eigenvalue weighted by Crippen LogP contribution is 2.31. The van der Waals surface area contributed by atoms with Gasteiger partial charge in [0.2, 0.25) is 5.95 Å². The Morgan fingerprint density at radius 2 is 1.90 bits per heavy atom. The lowest BCUT2D eigenvalue weighted by molar-refractivity contribution is 0.0630. The molecule has 0 bridgehead atoms. The molecule has 0 aliphatic carbocycles. The molecule has 2 amide bonds. The Balaban J connectivity index is 1.48. The predicted molar refractivity (Wildman–Crippen MR) is 157 cm³/mol. The Morgan fingerprint density at radius 3 is 2.58 bits per heavy atom. The maximum Gasteiger partial charge on any atom is 0.268 e. The van der Waals surface area contributed by atoms with Gasteiger partial charge in [-0.1, -0.05) is 25.1 Å². The number of hydrogen-bond acceptors (Lipinski definition) is 7. The van der Waals surface area contributed by atoms with Gasteiger partial charge in [-0.3, -0.25) is 14.9 Å². The lowest BCUT2D eigenvalue weighted by Crippen LogP contribution is -2.31. The highest BCUT2D eigenvalue weighted by atomic mass is 32.1. The summed E-state index contributed by atoms with van der Waals surface area (Å²) < 4.78 is 7.37. The molecule has 0 unspecified atom stereocenters. The number of fused-ring (bicyclic) bond motifs is 1. The monoisotopic (exact) mass is 557 g/mol. The number of hydrogen-bond donors (Lipinski definition) is 2. The highest BCUT2D eigenvalue weighted by molar-refractivity contribution is 7.17. The number of oxazole rings is 1. The number of aryl methyl sites for hydroxylation is 1. The maximum atomic E-state index is 13.3. The maximum absolute atomic E-state index is 13.3. The Bertz CT molecular complexity index is 1660. The van der Waals surface area contributed by atoms with Crippen LogP contribution in [0.1, 0.15) is 53.1 Å². The van der Waals surface area contributed by atoms with E-state index in [9.17, 15) is 14.7 Å². The van der Waals surface area contributed by atoms with Crippen LogP contribution >= 0.6 is 11.3 Å². The summed E-state index contributed by atoms with van der Waals surface area (Å²) in [5, 5.41) is 13.6. The Hall–Kier alpha value is -4.28. The smallest absolute Gasteiger partial charge is 0.268 e. The fourth-order valence-electron chi connectivity index (χ4n) is 4.47. The molecular formula is C30H31N5O4S. The van der Waals surface area contributed by atoms with E-state index in [1.807, 2.05) is 49.4 Å². The summed E-state index contributed by atoms with van der Waals surface area (Å²) in [5.74, 6) is 1.04. The minimum absolute atomic E-state index is 0.0956. The van der Waals surface area contributed by atoms with Gasteiger partial charge in [0.1, 0.15) is 0 Å². The van der Waals surface area contributed by atoms with Crippen LogP contribution in [0.5, 0.6) is 0 Å². The molecule has 0 spiro atoms. The molecule has 10 heteroatoms. The topological polar surface area (TPSA) is 113 Å². The average Bonchev–Trinajstić information content (AvgIpc) is 3.66. The summed E-state index contributed by atoms with van der Waals surface area (Å²) in [4.78, 5) is 38.4. The van der Waals surface area contributed by atoms with Gasteiger partial charge in [0, 0.05) is 24.7 Å². The first-order valence-corrected chi connectivity index (χ1v) is 13.9. The normalized spacial score (nSPS) is 11.6. The number of carbonyl (C=O) groups excluding carboxylic acids is 2. The fraction of sp³-hybridized carbons (Fsp3) is 0.267. The van der Waals surface area contributed by atoms with Gasteiger partial charge in [-0.05, 0) is 62.7 Å². The molecule has 5 aromatic rings. The quantitative estimate of drug-likeness (QED) is 0.225. The van der Waals surface area contributed by atoms with Crippen molar-refractivity contribution in [1.82, 2.24) is 14.5 Å². The van der Waals surface area contributed by atoms with Crippen LogP contribution in [-0.2, 0) is 6.54 Å². The van der Waals surface area contributed by atoms with E-state index in [1.165, 1.54) is 11.3 Å². The molecule has 0 radical (unpaired) electrons. The molecule has 3 aromatic heterocycles. The molecule has 9 nitrogen and oxygen atoms in total. The van der Waals surface area contributed by atoms with Crippen molar-refractivity contribution in [1.29, 1.82) is 0 Å². The number of nitrogens with one attached hydrogen (secondary N) is 1. The zero-order valence-corrected chi connectivity index (χ0v) is 23.7. The summed E-state index contributed by atoms with van der Waals surface area (Å²) in [5.41, 5.74) is 1.58. The summed E-state index contributed by atoms with van der Waals surface area (Å²) in [6.45, 7) is 7.93. The minimum Gasteiger partial charge on any atom is -0.440 e. The van der Waals surface area contributed by atoms with Gasteiger partial charge in [0.15, 0.2) is 11.7 Å². The van der Waals surface area contributed by atoms with E-state index >= 15 is 0 Å². The number of thiophene rings is 1. The standard InChI is InChI=1S/C30H31N5O4S/c1-5-15-34(28(37)20-9-7-6-8-10-20)21-11-12-23-22(16-21)32-29(35(23)18-30(3,4)38)33-27(36)26-14-13-25(40-26)24-17-31-19(2)39-24/h6-14,16-17,38H,5,15,18H2,1-4H3,(H,32,33,36). The van der Waals surface area contributed by atoms with E-state index in [4.69, 9.17) is 9.40 Å². The largest absolute Gasteiger partial charge is 0.440 e. The number of aliphatic hydroxyl groups is 1. The second kappa shape index (κ2) is 11.1. The van der Waals surface area contributed by atoms with Gasteiger partial charge in [-0.25, -0.2) is 9.97 Å². The number of aromatic nitrogens is 3. The Labute approximate surface area is 236 Å². The molecule has 2 aromatic carbocycles. The third-order valence-electron chi connectivity index (χ3n) is 6.22. The SMILES string of the molecule is CCCN(C(=O)c1ccccc1)c1ccc2c(c1)nc(NC(=O)c1ccc(-c3cnc(C)o3)s1)n2CC(C)(C)O. The first kappa shape index (κ1) is 27.3. The molecule has 0 aliphatic rings. The molecule has 0 saturated heterocycles. The van der Waals surface area contributed by atoms with Crippen molar-refractivity contribution in [2.75, 3.05) is 16.8 Å². The molecule has 0 aliphatic heterocycles. The third-order valence-corrected chi connectivity index (χ3v) is 7.32.